The van der Waals surface area contributed by atoms with E-state index in [9.17, 15) is 13.2 Å². The van der Waals surface area contributed by atoms with E-state index in [4.69, 9.17) is 0 Å². The fourth-order valence-electron chi connectivity index (χ4n) is 2.61. The first-order chi connectivity index (χ1) is 8.38. The normalized spacial score (nSPS) is 18.2. The third-order valence-corrected chi connectivity index (χ3v) is 3.34. The molecule has 108 valence electrons. The molecule has 0 aliphatic heterocycles. The van der Waals surface area contributed by atoms with Crippen LogP contribution in [-0.2, 0) is 0 Å². The molecule has 0 unspecified atom stereocenters. The van der Waals surface area contributed by atoms with Crippen LogP contribution in [-0.4, -0.2) is 43.3 Å². The van der Waals surface area contributed by atoms with Crippen molar-refractivity contribution in [2.24, 2.45) is 5.92 Å². The molecule has 1 aliphatic carbocycles. The summed E-state index contributed by atoms with van der Waals surface area (Å²) in [5.74, 6) is 0.563. The van der Waals surface area contributed by atoms with Crippen LogP contribution < -0.4 is 5.32 Å². The average Bonchev–Trinajstić information content (AvgIpc) is 2.73. The Hall–Kier alpha value is -0.290. The summed E-state index contributed by atoms with van der Waals surface area (Å²) >= 11 is 0. The lowest BCUT2D eigenvalue weighted by Gasteiger charge is -2.30. The Morgan fingerprint density at radius 3 is 2.33 bits per heavy atom. The van der Waals surface area contributed by atoms with E-state index in [-0.39, 0.29) is 0 Å². The maximum Gasteiger partial charge on any atom is 0.401 e. The fourth-order valence-corrected chi connectivity index (χ4v) is 2.61. The number of rotatable bonds is 7. The molecule has 18 heavy (non-hydrogen) atoms. The SMILES string of the molecule is CC(C)CN(CCNCC(F)(F)F)C1CCCC1. The highest BCUT2D eigenvalue weighted by molar-refractivity contribution is 4.78. The van der Waals surface area contributed by atoms with Crippen LogP contribution in [0.5, 0.6) is 0 Å². The summed E-state index contributed by atoms with van der Waals surface area (Å²) in [7, 11) is 0. The lowest BCUT2D eigenvalue weighted by molar-refractivity contribution is -0.124. The largest absolute Gasteiger partial charge is 0.401 e. The van der Waals surface area contributed by atoms with Crippen molar-refractivity contribution >= 4 is 0 Å². The average molecular weight is 266 g/mol. The molecular weight excluding hydrogens is 241 g/mol. The van der Waals surface area contributed by atoms with Crippen LogP contribution >= 0.6 is 0 Å². The third kappa shape index (κ3) is 6.59. The number of hydrogen-bond donors (Lipinski definition) is 1. The van der Waals surface area contributed by atoms with Crippen LogP contribution in [0.15, 0.2) is 0 Å². The molecule has 2 nitrogen and oxygen atoms in total. The van der Waals surface area contributed by atoms with Gasteiger partial charge in [-0.2, -0.15) is 13.2 Å². The Kier molecular flexibility index (Phi) is 6.43. The fraction of sp³-hybridized carbons (Fsp3) is 1.00. The second kappa shape index (κ2) is 7.34. The van der Waals surface area contributed by atoms with Crippen molar-refractivity contribution in [1.82, 2.24) is 10.2 Å². The van der Waals surface area contributed by atoms with E-state index >= 15 is 0 Å². The van der Waals surface area contributed by atoms with Gasteiger partial charge in [-0.1, -0.05) is 26.7 Å². The van der Waals surface area contributed by atoms with Gasteiger partial charge in [-0.15, -0.1) is 0 Å². The molecule has 1 fully saturated rings. The Bertz CT molecular complexity index is 223. The van der Waals surface area contributed by atoms with Gasteiger partial charge >= 0.3 is 6.18 Å². The smallest absolute Gasteiger partial charge is 0.307 e. The Morgan fingerprint density at radius 1 is 1.22 bits per heavy atom. The zero-order valence-corrected chi connectivity index (χ0v) is 11.4. The molecular formula is C13H25F3N2. The van der Waals surface area contributed by atoms with Crippen molar-refractivity contribution in [2.75, 3.05) is 26.2 Å². The molecule has 0 spiro atoms. The molecule has 0 aromatic carbocycles. The highest BCUT2D eigenvalue weighted by atomic mass is 19.4. The summed E-state index contributed by atoms with van der Waals surface area (Å²) in [6.45, 7) is 5.56. The van der Waals surface area contributed by atoms with Crippen LogP contribution in [0.25, 0.3) is 0 Å². The quantitative estimate of drug-likeness (QED) is 0.713. The molecule has 0 radical (unpaired) electrons. The second-order valence-corrected chi connectivity index (χ2v) is 5.62. The van der Waals surface area contributed by atoms with Crippen LogP contribution in [0.2, 0.25) is 0 Å². The van der Waals surface area contributed by atoms with Gasteiger partial charge in [0, 0.05) is 25.7 Å². The van der Waals surface area contributed by atoms with Crippen molar-refractivity contribution in [3.63, 3.8) is 0 Å². The molecule has 0 heterocycles. The van der Waals surface area contributed by atoms with Crippen LogP contribution in [0.1, 0.15) is 39.5 Å². The third-order valence-electron chi connectivity index (χ3n) is 3.34. The molecule has 0 aromatic heterocycles. The van der Waals surface area contributed by atoms with E-state index in [1.54, 1.807) is 0 Å². The van der Waals surface area contributed by atoms with E-state index in [2.05, 4.69) is 24.1 Å². The number of halogens is 3. The van der Waals surface area contributed by atoms with E-state index in [1.807, 2.05) is 0 Å². The molecule has 1 saturated carbocycles. The van der Waals surface area contributed by atoms with Gasteiger partial charge in [0.2, 0.25) is 0 Å². The summed E-state index contributed by atoms with van der Waals surface area (Å²) in [6.07, 6.45) is 0.818. The lowest BCUT2D eigenvalue weighted by atomic mass is 10.1. The van der Waals surface area contributed by atoms with Gasteiger partial charge in [0.1, 0.15) is 0 Å². The molecule has 0 bridgehead atoms. The van der Waals surface area contributed by atoms with Gasteiger partial charge in [-0.05, 0) is 18.8 Å². The highest BCUT2D eigenvalue weighted by Gasteiger charge is 2.27. The van der Waals surface area contributed by atoms with Gasteiger partial charge in [0.05, 0.1) is 6.54 Å². The summed E-state index contributed by atoms with van der Waals surface area (Å²) in [4.78, 5) is 2.36. The van der Waals surface area contributed by atoms with E-state index < -0.39 is 12.7 Å². The first kappa shape index (κ1) is 15.8. The minimum atomic E-state index is -4.10. The number of alkyl halides is 3. The van der Waals surface area contributed by atoms with E-state index in [0.29, 0.717) is 18.5 Å². The van der Waals surface area contributed by atoms with Gasteiger partial charge in [-0.25, -0.2) is 0 Å². The van der Waals surface area contributed by atoms with Crippen molar-refractivity contribution in [1.29, 1.82) is 0 Å². The van der Waals surface area contributed by atoms with Gasteiger partial charge in [-0.3, -0.25) is 4.90 Å². The predicted octanol–water partition coefficient (Wildman–Crippen LogP) is 3.04. The minimum Gasteiger partial charge on any atom is -0.307 e. The van der Waals surface area contributed by atoms with Crippen molar-refractivity contribution in [3.8, 4) is 0 Å². The molecule has 1 rings (SSSR count). The van der Waals surface area contributed by atoms with Crippen LogP contribution in [0.4, 0.5) is 13.2 Å². The van der Waals surface area contributed by atoms with E-state index in [1.165, 1.54) is 25.7 Å². The van der Waals surface area contributed by atoms with Crippen molar-refractivity contribution in [2.45, 2.75) is 51.7 Å². The monoisotopic (exact) mass is 266 g/mol. The van der Waals surface area contributed by atoms with E-state index in [0.717, 1.165) is 13.1 Å². The van der Waals surface area contributed by atoms with Gasteiger partial charge in [0.15, 0.2) is 0 Å². The first-order valence-corrected chi connectivity index (χ1v) is 6.90. The van der Waals surface area contributed by atoms with Gasteiger partial charge in [0.25, 0.3) is 0 Å². The maximum absolute atomic E-state index is 12.0. The van der Waals surface area contributed by atoms with Crippen LogP contribution in [0, 0.1) is 5.92 Å². The second-order valence-electron chi connectivity index (χ2n) is 5.62. The van der Waals surface area contributed by atoms with Crippen LogP contribution in [0.3, 0.4) is 0 Å². The zero-order valence-electron chi connectivity index (χ0n) is 11.4. The number of nitrogens with one attached hydrogen (secondary N) is 1. The molecule has 0 amide bonds. The Balaban J connectivity index is 2.27. The molecule has 5 heteroatoms. The maximum atomic E-state index is 12.0. The number of nitrogens with zero attached hydrogens (tertiary/aromatic N) is 1. The Labute approximate surface area is 108 Å². The molecule has 1 aliphatic rings. The lowest BCUT2D eigenvalue weighted by Crippen LogP contribution is -2.42. The summed E-state index contributed by atoms with van der Waals surface area (Å²) in [5.41, 5.74) is 0. The minimum absolute atomic E-state index is 0.419. The first-order valence-electron chi connectivity index (χ1n) is 6.90. The molecule has 0 aromatic rings. The van der Waals surface area contributed by atoms with Gasteiger partial charge < -0.3 is 5.32 Å². The summed E-state index contributed by atoms with van der Waals surface area (Å²) in [6, 6.07) is 0.583. The topological polar surface area (TPSA) is 15.3 Å². The Morgan fingerprint density at radius 2 is 1.83 bits per heavy atom. The number of hydrogen-bond acceptors (Lipinski definition) is 2. The molecule has 0 atom stereocenters. The standard InChI is InChI=1S/C13H25F3N2/c1-11(2)9-18(12-5-3-4-6-12)8-7-17-10-13(14,15)16/h11-12,17H,3-10H2,1-2H3. The summed E-state index contributed by atoms with van der Waals surface area (Å²) < 4.78 is 36.0. The summed E-state index contributed by atoms with van der Waals surface area (Å²) in [5, 5.41) is 2.49. The van der Waals surface area contributed by atoms with Crippen molar-refractivity contribution in [3.05, 3.63) is 0 Å². The zero-order chi connectivity index (χ0) is 13.6. The molecule has 1 N–H and O–H groups in total. The van der Waals surface area contributed by atoms with Crippen molar-refractivity contribution < 1.29 is 13.2 Å². The highest BCUT2D eigenvalue weighted by Crippen LogP contribution is 2.23. The predicted molar refractivity (Wildman–Crippen MR) is 67.6 cm³/mol. The molecule has 0 saturated heterocycles.